The van der Waals surface area contributed by atoms with Gasteiger partial charge in [0.25, 0.3) is 0 Å². The second-order valence-corrected chi connectivity index (χ2v) is 7.17. The Morgan fingerprint density at radius 1 is 1.07 bits per heavy atom. The highest BCUT2D eigenvalue weighted by Gasteiger charge is 2.11. The minimum absolute atomic E-state index is 0.525. The van der Waals surface area contributed by atoms with E-state index in [9.17, 15) is 0 Å². The maximum Gasteiger partial charge on any atom is 0.214 e. The Labute approximate surface area is 169 Å². The van der Waals surface area contributed by atoms with Crippen molar-refractivity contribution in [1.29, 1.82) is 0 Å². The first kappa shape index (κ1) is 18.3. The van der Waals surface area contributed by atoms with Crippen LogP contribution in [0.5, 0.6) is 5.75 Å². The Kier molecular flexibility index (Phi) is 5.12. The molecule has 0 radical (unpaired) electrons. The molecule has 0 saturated carbocycles. The fourth-order valence-corrected chi connectivity index (χ4v) is 3.56. The van der Waals surface area contributed by atoms with Crippen molar-refractivity contribution in [1.82, 2.24) is 14.9 Å². The van der Waals surface area contributed by atoms with Crippen LogP contribution in [0.15, 0.2) is 60.7 Å². The maximum absolute atomic E-state index is 6.22. The van der Waals surface area contributed by atoms with Gasteiger partial charge in [0, 0.05) is 5.56 Å². The minimum atomic E-state index is 0.525. The fourth-order valence-electron chi connectivity index (χ4n) is 3.32. The molecule has 5 nitrogen and oxygen atoms in total. The van der Waals surface area contributed by atoms with Crippen molar-refractivity contribution >= 4 is 23.0 Å². The van der Waals surface area contributed by atoms with Crippen molar-refractivity contribution < 1.29 is 4.74 Å². The molecule has 0 fully saturated rings. The number of benzene rings is 3. The number of ether oxygens (including phenoxy) is 1. The normalized spacial score (nSPS) is 10.9. The Bertz CT molecular complexity index is 1180. The number of H-pyrrole nitrogens is 1. The molecular weight excluding hydrogens is 368 g/mol. The molecule has 28 heavy (non-hydrogen) atoms. The van der Waals surface area contributed by atoms with E-state index in [4.69, 9.17) is 17.0 Å². The van der Waals surface area contributed by atoms with Gasteiger partial charge in [0.1, 0.15) is 18.2 Å². The van der Waals surface area contributed by atoms with Gasteiger partial charge in [0.15, 0.2) is 0 Å². The summed E-state index contributed by atoms with van der Waals surface area (Å²) in [5.74, 6) is 1.65. The monoisotopic (exact) mass is 390 g/mol. The minimum Gasteiger partial charge on any atom is -0.489 e. The van der Waals surface area contributed by atoms with Gasteiger partial charge >= 0.3 is 0 Å². The van der Waals surface area contributed by atoms with E-state index in [0.717, 1.165) is 28.1 Å². The van der Waals surface area contributed by atoms with Gasteiger partial charge < -0.3 is 10.2 Å². The first-order valence-electron chi connectivity index (χ1n) is 9.19. The average molecular weight is 391 g/mol. The summed E-state index contributed by atoms with van der Waals surface area (Å²) >= 11 is 5.30. The third-order valence-electron chi connectivity index (χ3n) is 4.73. The molecule has 0 bridgehead atoms. The standard InChI is InChI=1S/C22H22N4OS/c1-15-6-5-7-17(12-15)14-27-21-11-10-18-8-3-4-9-19(18)20(21)13-23-26-16(2)24-25-22(26)28/h3-12,23H,13-14H2,1-2H3,(H,25,28). The summed E-state index contributed by atoms with van der Waals surface area (Å²) in [6.07, 6.45) is 0. The van der Waals surface area contributed by atoms with Crippen LogP contribution in [0.3, 0.4) is 0 Å². The zero-order chi connectivity index (χ0) is 19.5. The van der Waals surface area contributed by atoms with Crippen molar-refractivity contribution in [2.75, 3.05) is 5.43 Å². The highest BCUT2D eigenvalue weighted by atomic mass is 32.1. The summed E-state index contributed by atoms with van der Waals surface area (Å²) in [5.41, 5.74) is 6.83. The van der Waals surface area contributed by atoms with E-state index in [1.54, 1.807) is 4.68 Å². The molecule has 0 atom stereocenters. The predicted molar refractivity (Wildman–Crippen MR) is 115 cm³/mol. The molecule has 4 rings (SSSR count). The number of aromatic nitrogens is 3. The summed E-state index contributed by atoms with van der Waals surface area (Å²) in [7, 11) is 0. The van der Waals surface area contributed by atoms with E-state index in [2.05, 4.69) is 65.0 Å². The van der Waals surface area contributed by atoms with Crippen LogP contribution in [0.25, 0.3) is 10.8 Å². The van der Waals surface area contributed by atoms with Crippen LogP contribution in [0.4, 0.5) is 0 Å². The van der Waals surface area contributed by atoms with Crippen LogP contribution in [0.2, 0.25) is 0 Å². The lowest BCUT2D eigenvalue weighted by Crippen LogP contribution is -2.17. The molecule has 0 aliphatic carbocycles. The highest BCUT2D eigenvalue weighted by molar-refractivity contribution is 7.71. The smallest absolute Gasteiger partial charge is 0.214 e. The summed E-state index contributed by atoms with van der Waals surface area (Å²) in [5, 5.41) is 9.28. The van der Waals surface area contributed by atoms with E-state index >= 15 is 0 Å². The molecule has 0 aliphatic heterocycles. The predicted octanol–water partition coefficient (Wildman–Crippen LogP) is 5.03. The lowest BCUT2D eigenvalue weighted by Gasteiger charge is -2.16. The molecule has 0 unspecified atom stereocenters. The quantitative estimate of drug-likeness (QED) is 0.453. The Morgan fingerprint density at radius 2 is 1.93 bits per heavy atom. The van der Waals surface area contributed by atoms with Crippen LogP contribution < -0.4 is 10.2 Å². The Morgan fingerprint density at radius 3 is 2.71 bits per heavy atom. The third kappa shape index (κ3) is 3.77. The fraction of sp³-hybridized carbons (Fsp3) is 0.182. The Balaban J connectivity index is 1.65. The molecule has 4 aromatic rings. The topological polar surface area (TPSA) is 54.9 Å². The average Bonchev–Trinajstić information content (AvgIpc) is 3.02. The molecule has 2 N–H and O–H groups in total. The van der Waals surface area contributed by atoms with Crippen LogP contribution in [0.1, 0.15) is 22.5 Å². The third-order valence-corrected chi connectivity index (χ3v) is 5.00. The van der Waals surface area contributed by atoms with Gasteiger partial charge in [-0.05, 0) is 48.5 Å². The summed E-state index contributed by atoms with van der Waals surface area (Å²) in [6, 6.07) is 20.8. The number of aromatic amines is 1. The largest absolute Gasteiger partial charge is 0.489 e. The number of hydrogen-bond acceptors (Lipinski definition) is 4. The van der Waals surface area contributed by atoms with E-state index in [1.165, 1.54) is 10.9 Å². The van der Waals surface area contributed by atoms with Crippen molar-refractivity contribution in [2.24, 2.45) is 0 Å². The van der Waals surface area contributed by atoms with E-state index in [-0.39, 0.29) is 0 Å². The Hall–Kier alpha value is -3.12. The van der Waals surface area contributed by atoms with Crippen LogP contribution >= 0.6 is 12.2 Å². The van der Waals surface area contributed by atoms with Gasteiger partial charge in [0.2, 0.25) is 4.77 Å². The van der Waals surface area contributed by atoms with Gasteiger partial charge in [-0.25, -0.2) is 4.68 Å². The number of aryl methyl sites for hydroxylation is 2. The number of hydrogen-bond donors (Lipinski definition) is 2. The van der Waals surface area contributed by atoms with Crippen molar-refractivity contribution in [2.45, 2.75) is 27.0 Å². The van der Waals surface area contributed by atoms with E-state index in [0.29, 0.717) is 17.9 Å². The first-order valence-corrected chi connectivity index (χ1v) is 9.59. The lowest BCUT2D eigenvalue weighted by molar-refractivity contribution is 0.303. The van der Waals surface area contributed by atoms with Gasteiger partial charge in [-0.3, -0.25) is 5.10 Å². The van der Waals surface area contributed by atoms with Crippen molar-refractivity contribution in [3.63, 3.8) is 0 Å². The molecule has 3 aromatic carbocycles. The van der Waals surface area contributed by atoms with Gasteiger partial charge in [0.05, 0.1) is 6.54 Å². The van der Waals surface area contributed by atoms with Gasteiger partial charge in [-0.15, -0.1) is 0 Å². The molecule has 0 aliphatic rings. The molecule has 142 valence electrons. The van der Waals surface area contributed by atoms with Crippen molar-refractivity contribution in [3.8, 4) is 5.75 Å². The summed E-state index contributed by atoms with van der Waals surface area (Å²) < 4.78 is 8.54. The van der Waals surface area contributed by atoms with Crippen LogP contribution in [-0.4, -0.2) is 14.9 Å². The zero-order valence-electron chi connectivity index (χ0n) is 15.9. The molecule has 1 heterocycles. The second kappa shape index (κ2) is 7.86. The molecule has 0 amide bonds. The maximum atomic E-state index is 6.22. The SMILES string of the molecule is Cc1cccc(COc2ccc3ccccc3c2CNn2c(C)n[nH]c2=S)c1. The summed E-state index contributed by atoms with van der Waals surface area (Å²) in [4.78, 5) is 0. The van der Waals surface area contributed by atoms with Gasteiger partial charge in [-0.2, -0.15) is 5.10 Å². The zero-order valence-corrected chi connectivity index (χ0v) is 16.7. The molecular formula is C22H22N4OS. The number of nitrogens with one attached hydrogen (secondary N) is 2. The van der Waals surface area contributed by atoms with Gasteiger partial charge in [-0.1, -0.05) is 60.2 Å². The molecule has 6 heteroatoms. The van der Waals surface area contributed by atoms with Crippen LogP contribution in [-0.2, 0) is 13.2 Å². The van der Waals surface area contributed by atoms with E-state index < -0.39 is 0 Å². The number of nitrogens with zero attached hydrogens (tertiary/aromatic N) is 2. The lowest BCUT2D eigenvalue weighted by atomic mass is 10.0. The number of rotatable bonds is 6. The van der Waals surface area contributed by atoms with Crippen LogP contribution in [0, 0.1) is 18.6 Å². The molecule has 1 aromatic heterocycles. The number of fused-ring (bicyclic) bond motifs is 1. The highest BCUT2D eigenvalue weighted by Crippen LogP contribution is 2.29. The second-order valence-electron chi connectivity index (χ2n) is 6.79. The molecule has 0 spiro atoms. The summed E-state index contributed by atoms with van der Waals surface area (Å²) in [6.45, 7) is 5.08. The first-order chi connectivity index (χ1) is 13.6. The molecule has 0 saturated heterocycles. The van der Waals surface area contributed by atoms with Crippen molar-refractivity contribution in [3.05, 3.63) is 87.9 Å². The van der Waals surface area contributed by atoms with E-state index in [1.807, 2.05) is 25.1 Å².